The van der Waals surface area contributed by atoms with Crippen LogP contribution < -0.4 is 24.3 Å². The van der Waals surface area contributed by atoms with Crippen LogP contribution in [0.25, 0.3) is 0 Å². The second-order valence-corrected chi connectivity index (χ2v) is 5.83. The maximum atomic E-state index is 8.55. The zero-order valence-corrected chi connectivity index (χ0v) is 13.7. The van der Waals surface area contributed by atoms with Gasteiger partial charge in [-0.2, -0.15) is 0 Å². The van der Waals surface area contributed by atoms with Gasteiger partial charge in [0.05, 0.1) is 5.71 Å². The molecule has 7 nitrogen and oxygen atoms in total. The number of oxime groups is 1. The maximum Gasteiger partial charge on any atom is 0.231 e. The fraction of sp³-hybridized carbons (Fsp3) is 0.278. The van der Waals surface area contributed by atoms with Gasteiger partial charge in [0.15, 0.2) is 23.0 Å². The van der Waals surface area contributed by atoms with Gasteiger partial charge in [0, 0.05) is 18.2 Å². The highest BCUT2D eigenvalue weighted by atomic mass is 16.7. The summed E-state index contributed by atoms with van der Waals surface area (Å²) < 4.78 is 20.8. The number of nitrogens with zero attached hydrogens (tertiary/aromatic N) is 1. The van der Waals surface area contributed by atoms with E-state index < -0.39 is 0 Å². The van der Waals surface area contributed by atoms with E-state index >= 15 is 0 Å². The largest absolute Gasteiger partial charge is 0.454 e. The molecule has 1 saturated heterocycles. The van der Waals surface area contributed by atoms with E-state index in [0.717, 1.165) is 29.4 Å². The lowest BCUT2D eigenvalue weighted by Crippen LogP contribution is -1.94. The average molecular weight is 342 g/mol. The van der Waals surface area contributed by atoms with Crippen molar-refractivity contribution in [3.63, 3.8) is 0 Å². The van der Waals surface area contributed by atoms with Crippen LogP contribution in [0.3, 0.4) is 0 Å². The normalized spacial score (nSPS) is 19.2. The number of benzene rings is 2. The van der Waals surface area contributed by atoms with Crippen LogP contribution in [0.5, 0.6) is 23.0 Å². The van der Waals surface area contributed by atoms with Crippen LogP contribution in [0.1, 0.15) is 24.1 Å². The van der Waals surface area contributed by atoms with Crippen LogP contribution >= 0.6 is 0 Å². The van der Waals surface area contributed by atoms with E-state index in [4.69, 9.17) is 24.2 Å². The molecule has 5 rings (SSSR count). The first-order chi connectivity index (χ1) is 12.2. The standard InChI is InChI=1S/C9H9NO3.C9H9NO2/c1-6(10-11)7-2-3-8-9(4-7)13-5-12-8;1-2-8-9(12-5-11-8)3-6(1)7-4-10-7/h2-4,11H,5H2,1H3;1-3,7,10H,4-5H2/b10-6-;. The summed E-state index contributed by atoms with van der Waals surface area (Å²) in [6, 6.07) is 12.1. The Balaban J connectivity index is 0.000000126. The minimum Gasteiger partial charge on any atom is -0.454 e. The Kier molecular flexibility index (Phi) is 4.07. The summed E-state index contributed by atoms with van der Waals surface area (Å²) in [5, 5.41) is 14.9. The fourth-order valence-corrected chi connectivity index (χ4v) is 2.60. The van der Waals surface area contributed by atoms with Gasteiger partial charge in [-0.05, 0) is 42.8 Å². The Hall–Kier alpha value is -2.93. The van der Waals surface area contributed by atoms with E-state index in [9.17, 15) is 0 Å². The summed E-state index contributed by atoms with van der Waals surface area (Å²) in [5.74, 6) is 3.16. The van der Waals surface area contributed by atoms with Crippen LogP contribution in [0.15, 0.2) is 41.6 Å². The topological polar surface area (TPSA) is 91.5 Å². The molecule has 7 heteroatoms. The summed E-state index contributed by atoms with van der Waals surface area (Å²) in [4.78, 5) is 0. The number of rotatable bonds is 2. The predicted octanol–water partition coefficient (Wildman–Crippen LogP) is 2.67. The van der Waals surface area contributed by atoms with Gasteiger partial charge in [0.25, 0.3) is 0 Å². The number of hydrogen-bond donors (Lipinski definition) is 2. The lowest BCUT2D eigenvalue weighted by Gasteiger charge is -1.99. The number of hydrogen-bond acceptors (Lipinski definition) is 7. The molecule has 3 heterocycles. The molecule has 0 spiro atoms. The summed E-state index contributed by atoms with van der Waals surface area (Å²) >= 11 is 0. The third-order valence-corrected chi connectivity index (χ3v) is 4.15. The van der Waals surface area contributed by atoms with Crippen molar-refractivity contribution >= 4 is 5.71 Å². The van der Waals surface area contributed by atoms with Crippen LogP contribution in [0.2, 0.25) is 0 Å². The Morgan fingerprint density at radius 3 is 2.20 bits per heavy atom. The summed E-state index contributed by atoms with van der Waals surface area (Å²) in [6.45, 7) is 3.42. The van der Waals surface area contributed by atoms with E-state index in [1.54, 1.807) is 19.1 Å². The van der Waals surface area contributed by atoms with Gasteiger partial charge in [-0.25, -0.2) is 0 Å². The molecule has 1 atom stereocenters. The van der Waals surface area contributed by atoms with E-state index in [0.29, 0.717) is 24.3 Å². The van der Waals surface area contributed by atoms with Crippen molar-refractivity contribution in [3.05, 3.63) is 47.5 Å². The summed E-state index contributed by atoms with van der Waals surface area (Å²) in [7, 11) is 0. The number of nitrogens with one attached hydrogen (secondary N) is 1. The second kappa shape index (κ2) is 6.52. The van der Waals surface area contributed by atoms with E-state index in [2.05, 4.69) is 16.5 Å². The zero-order valence-electron chi connectivity index (χ0n) is 13.7. The number of fused-ring (bicyclic) bond motifs is 2. The van der Waals surface area contributed by atoms with Gasteiger partial charge in [0.1, 0.15) is 0 Å². The third-order valence-electron chi connectivity index (χ3n) is 4.15. The highest BCUT2D eigenvalue weighted by Gasteiger charge is 2.24. The van der Waals surface area contributed by atoms with Crippen molar-refractivity contribution in [1.29, 1.82) is 0 Å². The Morgan fingerprint density at radius 2 is 1.56 bits per heavy atom. The van der Waals surface area contributed by atoms with E-state index in [1.807, 2.05) is 18.2 Å². The van der Waals surface area contributed by atoms with Gasteiger partial charge >= 0.3 is 0 Å². The van der Waals surface area contributed by atoms with Crippen LogP contribution in [-0.2, 0) is 0 Å². The fourth-order valence-electron chi connectivity index (χ4n) is 2.60. The molecular weight excluding hydrogens is 324 g/mol. The quantitative estimate of drug-likeness (QED) is 0.377. The molecule has 2 aromatic carbocycles. The van der Waals surface area contributed by atoms with Gasteiger partial charge in [-0.15, -0.1) is 0 Å². The molecule has 3 aliphatic heterocycles. The van der Waals surface area contributed by atoms with Crippen molar-refractivity contribution in [2.45, 2.75) is 13.0 Å². The Bertz CT molecular complexity index is 817. The molecular formula is C18H18N2O5. The molecule has 0 radical (unpaired) electrons. The van der Waals surface area contributed by atoms with Crippen molar-refractivity contribution in [2.75, 3.05) is 20.1 Å². The van der Waals surface area contributed by atoms with Crippen molar-refractivity contribution in [2.24, 2.45) is 5.16 Å². The van der Waals surface area contributed by atoms with Gasteiger partial charge < -0.3 is 29.5 Å². The molecule has 2 aromatic rings. The van der Waals surface area contributed by atoms with Crippen molar-refractivity contribution in [3.8, 4) is 23.0 Å². The lowest BCUT2D eigenvalue weighted by atomic mass is 10.1. The first kappa shape index (κ1) is 15.6. The molecule has 130 valence electrons. The van der Waals surface area contributed by atoms with Crippen LogP contribution in [-0.4, -0.2) is 31.0 Å². The zero-order chi connectivity index (χ0) is 17.2. The van der Waals surface area contributed by atoms with Gasteiger partial charge in [-0.3, -0.25) is 0 Å². The molecule has 0 amide bonds. The summed E-state index contributed by atoms with van der Waals surface area (Å²) in [6.07, 6.45) is 0. The Morgan fingerprint density at radius 1 is 0.960 bits per heavy atom. The second-order valence-electron chi connectivity index (χ2n) is 5.83. The Labute approximate surface area is 144 Å². The lowest BCUT2D eigenvalue weighted by molar-refractivity contribution is 0.173. The van der Waals surface area contributed by atoms with Crippen molar-refractivity contribution < 1.29 is 24.2 Å². The predicted molar refractivity (Wildman–Crippen MR) is 89.9 cm³/mol. The molecule has 1 unspecified atom stereocenters. The highest BCUT2D eigenvalue weighted by Crippen LogP contribution is 2.35. The molecule has 0 aliphatic carbocycles. The molecule has 25 heavy (non-hydrogen) atoms. The minimum atomic E-state index is 0.258. The van der Waals surface area contributed by atoms with Gasteiger partial charge in [0.2, 0.25) is 13.6 Å². The monoisotopic (exact) mass is 342 g/mol. The van der Waals surface area contributed by atoms with Crippen LogP contribution in [0.4, 0.5) is 0 Å². The SMILES string of the molecule is C/C(=N/O)c1ccc2c(c1)OCO2.c1cc2c(cc1C1CN1)OCO2. The first-order valence-corrected chi connectivity index (χ1v) is 7.96. The highest BCUT2D eigenvalue weighted by molar-refractivity contribution is 5.98. The summed E-state index contributed by atoms with van der Waals surface area (Å²) in [5.41, 5.74) is 2.67. The minimum absolute atomic E-state index is 0.258. The first-order valence-electron chi connectivity index (χ1n) is 7.96. The third kappa shape index (κ3) is 3.32. The number of ether oxygens (including phenoxy) is 4. The van der Waals surface area contributed by atoms with Crippen LogP contribution in [0, 0.1) is 0 Å². The molecule has 1 fully saturated rings. The molecule has 0 bridgehead atoms. The van der Waals surface area contributed by atoms with E-state index in [-0.39, 0.29) is 6.79 Å². The maximum absolute atomic E-state index is 8.55. The molecule has 3 aliphatic rings. The molecule has 0 aromatic heterocycles. The van der Waals surface area contributed by atoms with Gasteiger partial charge in [-0.1, -0.05) is 11.2 Å². The van der Waals surface area contributed by atoms with Crippen molar-refractivity contribution in [1.82, 2.24) is 5.32 Å². The smallest absolute Gasteiger partial charge is 0.231 e. The van der Waals surface area contributed by atoms with E-state index in [1.165, 1.54) is 5.56 Å². The molecule has 2 N–H and O–H groups in total. The average Bonchev–Trinajstić information content (AvgIpc) is 3.21. The molecule has 0 saturated carbocycles.